The number of hydrogen-bond donors (Lipinski definition) is 1. The molecule has 0 radical (unpaired) electrons. The number of rotatable bonds is 5. The Bertz CT molecular complexity index is 779. The molecule has 152 valence electrons. The molecule has 1 amide bonds. The van der Waals surface area contributed by atoms with E-state index in [1.54, 1.807) is 17.4 Å². The molecule has 1 aromatic heterocycles. The number of thiophene rings is 1. The maximum atomic E-state index is 14.1. The number of benzene rings is 1. The second kappa shape index (κ2) is 8.62. The van der Waals surface area contributed by atoms with Crippen LogP contribution in [0.5, 0.6) is 0 Å². The van der Waals surface area contributed by atoms with Crippen LogP contribution in [0.3, 0.4) is 0 Å². The van der Waals surface area contributed by atoms with E-state index in [0.717, 1.165) is 26.2 Å². The van der Waals surface area contributed by atoms with E-state index in [1.807, 2.05) is 32.9 Å². The van der Waals surface area contributed by atoms with Crippen LogP contribution in [-0.4, -0.2) is 43.0 Å². The van der Waals surface area contributed by atoms with Gasteiger partial charge in [-0.25, -0.2) is 4.39 Å². The van der Waals surface area contributed by atoms with Crippen LogP contribution in [0, 0.1) is 11.2 Å². The fourth-order valence-corrected chi connectivity index (χ4v) is 4.62. The van der Waals surface area contributed by atoms with Crippen LogP contribution in [0.1, 0.15) is 38.6 Å². The first-order chi connectivity index (χ1) is 13.3. The number of piperazine rings is 1. The molecular formula is C22H30FN3OS. The van der Waals surface area contributed by atoms with Gasteiger partial charge in [-0.2, -0.15) is 0 Å². The third kappa shape index (κ3) is 4.73. The summed E-state index contributed by atoms with van der Waals surface area (Å²) in [4.78, 5) is 18.3. The van der Waals surface area contributed by atoms with E-state index >= 15 is 0 Å². The molecule has 6 heteroatoms. The zero-order valence-electron chi connectivity index (χ0n) is 17.1. The highest BCUT2D eigenvalue weighted by molar-refractivity contribution is 7.10. The number of hydrogen-bond acceptors (Lipinski definition) is 4. The largest absolute Gasteiger partial charge is 0.367 e. The lowest BCUT2D eigenvalue weighted by atomic mass is 9.94. The van der Waals surface area contributed by atoms with Crippen molar-refractivity contribution < 1.29 is 9.18 Å². The summed E-state index contributed by atoms with van der Waals surface area (Å²) < 4.78 is 14.1. The molecule has 1 saturated heterocycles. The van der Waals surface area contributed by atoms with Crippen molar-refractivity contribution in [3.05, 3.63) is 52.5 Å². The highest BCUT2D eigenvalue weighted by atomic mass is 32.1. The molecule has 1 aliphatic heterocycles. The first-order valence-electron chi connectivity index (χ1n) is 9.85. The minimum atomic E-state index is -0.419. The highest BCUT2D eigenvalue weighted by Crippen LogP contribution is 2.31. The molecule has 0 saturated carbocycles. The second-order valence-corrected chi connectivity index (χ2v) is 9.43. The summed E-state index contributed by atoms with van der Waals surface area (Å²) in [5.74, 6) is -0.108. The van der Waals surface area contributed by atoms with Crippen molar-refractivity contribution in [2.45, 2.75) is 39.8 Å². The zero-order valence-corrected chi connectivity index (χ0v) is 17.9. The minimum absolute atomic E-state index is 0.00890. The van der Waals surface area contributed by atoms with Crippen molar-refractivity contribution in [2.75, 3.05) is 31.1 Å². The van der Waals surface area contributed by atoms with Gasteiger partial charge in [0.2, 0.25) is 5.91 Å². The molecule has 3 rings (SSSR count). The molecule has 0 aliphatic carbocycles. The van der Waals surface area contributed by atoms with E-state index in [4.69, 9.17) is 0 Å². The third-order valence-corrected chi connectivity index (χ3v) is 6.19. The molecule has 0 bridgehead atoms. The lowest BCUT2D eigenvalue weighted by molar-refractivity contribution is -0.129. The van der Waals surface area contributed by atoms with E-state index in [2.05, 4.69) is 39.6 Å². The fourth-order valence-electron chi connectivity index (χ4n) is 3.65. The first kappa shape index (κ1) is 20.8. The van der Waals surface area contributed by atoms with E-state index in [1.165, 1.54) is 10.9 Å². The van der Waals surface area contributed by atoms with Crippen LogP contribution < -0.4 is 10.2 Å². The summed E-state index contributed by atoms with van der Waals surface area (Å²) in [6, 6.07) is 11.3. The van der Waals surface area contributed by atoms with Crippen LogP contribution in [0.15, 0.2) is 41.8 Å². The van der Waals surface area contributed by atoms with Crippen molar-refractivity contribution in [1.82, 2.24) is 10.2 Å². The lowest BCUT2D eigenvalue weighted by Gasteiger charge is -2.42. The Labute approximate surface area is 171 Å². The van der Waals surface area contributed by atoms with Crippen LogP contribution >= 0.6 is 11.3 Å². The summed E-state index contributed by atoms with van der Waals surface area (Å²) >= 11 is 1.72. The summed E-state index contributed by atoms with van der Waals surface area (Å²) in [7, 11) is 0. The van der Waals surface area contributed by atoms with E-state index in [-0.39, 0.29) is 23.8 Å². The molecule has 1 N–H and O–H groups in total. The molecule has 2 atom stereocenters. The van der Waals surface area contributed by atoms with Crippen molar-refractivity contribution >= 4 is 22.9 Å². The van der Waals surface area contributed by atoms with Gasteiger partial charge >= 0.3 is 0 Å². The van der Waals surface area contributed by atoms with Gasteiger partial charge in [-0.3, -0.25) is 9.69 Å². The Kier molecular flexibility index (Phi) is 6.40. The lowest BCUT2D eigenvalue weighted by Crippen LogP contribution is -2.53. The number of carbonyl (C=O) groups is 1. The van der Waals surface area contributed by atoms with Gasteiger partial charge in [0.25, 0.3) is 0 Å². The maximum Gasteiger partial charge on any atom is 0.225 e. The number of amides is 1. The number of anilines is 1. The molecule has 1 aromatic carbocycles. The Morgan fingerprint density at radius 3 is 2.36 bits per heavy atom. The van der Waals surface area contributed by atoms with E-state index < -0.39 is 5.41 Å². The average molecular weight is 404 g/mol. The number of carbonyl (C=O) groups excluding carboxylic acids is 1. The number of nitrogens with one attached hydrogen (secondary N) is 1. The molecule has 1 aliphatic rings. The summed E-state index contributed by atoms with van der Waals surface area (Å²) in [6.07, 6.45) is 0. The topological polar surface area (TPSA) is 35.6 Å². The Morgan fingerprint density at radius 2 is 1.79 bits per heavy atom. The third-order valence-electron chi connectivity index (χ3n) is 5.25. The van der Waals surface area contributed by atoms with E-state index in [9.17, 15) is 9.18 Å². The molecular weight excluding hydrogens is 373 g/mol. The SMILES string of the molecule is CC(NC(=O)C(C)(C)C)C(c1cccs1)N1CCN(c2ccccc2F)CC1. The summed E-state index contributed by atoms with van der Waals surface area (Å²) in [5.41, 5.74) is 0.251. The summed E-state index contributed by atoms with van der Waals surface area (Å²) in [5, 5.41) is 5.29. The predicted molar refractivity (Wildman–Crippen MR) is 114 cm³/mol. The monoisotopic (exact) mass is 403 g/mol. The van der Waals surface area contributed by atoms with E-state index in [0.29, 0.717) is 5.69 Å². The Morgan fingerprint density at radius 1 is 1.11 bits per heavy atom. The Balaban J connectivity index is 1.72. The van der Waals surface area contributed by atoms with Crippen LogP contribution in [-0.2, 0) is 4.79 Å². The van der Waals surface area contributed by atoms with Gasteiger partial charge in [-0.1, -0.05) is 39.0 Å². The zero-order chi connectivity index (χ0) is 20.3. The molecule has 1 fully saturated rings. The van der Waals surface area contributed by atoms with Crippen LogP contribution in [0.2, 0.25) is 0 Å². The van der Waals surface area contributed by atoms with Gasteiger partial charge in [0.15, 0.2) is 0 Å². The van der Waals surface area contributed by atoms with Gasteiger partial charge in [-0.15, -0.1) is 11.3 Å². The van der Waals surface area contributed by atoms with Crippen molar-refractivity contribution in [1.29, 1.82) is 0 Å². The molecule has 2 heterocycles. The number of para-hydroxylation sites is 1. The highest BCUT2D eigenvalue weighted by Gasteiger charge is 2.33. The van der Waals surface area contributed by atoms with Crippen molar-refractivity contribution in [2.24, 2.45) is 5.41 Å². The van der Waals surface area contributed by atoms with Gasteiger partial charge < -0.3 is 10.2 Å². The van der Waals surface area contributed by atoms with Gasteiger partial charge in [0, 0.05) is 42.5 Å². The smallest absolute Gasteiger partial charge is 0.225 e. The standard InChI is InChI=1S/C22H30FN3OS/c1-16(24-21(27)22(2,3)4)20(19-10-7-15-28-19)26-13-11-25(12-14-26)18-9-6-5-8-17(18)23/h5-10,15-16,20H,11-14H2,1-4H3,(H,24,27). The average Bonchev–Trinajstić information content (AvgIpc) is 3.16. The predicted octanol–water partition coefficient (Wildman–Crippen LogP) is 4.30. The van der Waals surface area contributed by atoms with Gasteiger partial charge in [0.05, 0.1) is 11.7 Å². The fraction of sp³-hybridized carbons (Fsp3) is 0.500. The van der Waals surface area contributed by atoms with Crippen molar-refractivity contribution in [3.8, 4) is 0 Å². The quantitative estimate of drug-likeness (QED) is 0.808. The van der Waals surface area contributed by atoms with Gasteiger partial charge in [0.1, 0.15) is 5.82 Å². The second-order valence-electron chi connectivity index (χ2n) is 8.45. The maximum absolute atomic E-state index is 14.1. The molecule has 2 unspecified atom stereocenters. The molecule has 4 nitrogen and oxygen atoms in total. The summed E-state index contributed by atoms with van der Waals surface area (Å²) in [6.45, 7) is 11.1. The molecule has 28 heavy (non-hydrogen) atoms. The minimum Gasteiger partial charge on any atom is -0.367 e. The number of nitrogens with zero attached hydrogens (tertiary/aromatic N) is 2. The van der Waals surface area contributed by atoms with Gasteiger partial charge in [-0.05, 0) is 30.5 Å². The molecule has 2 aromatic rings. The Hall–Kier alpha value is -1.92. The normalized spacial score (nSPS) is 18.0. The van der Waals surface area contributed by atoms with Crippen molar-refractivity contribution in [3.63, 3.8) is 0 Å². The van der Waals surface area contributed by atoms with Crippen LogP contribution in [0.25, 0.3) is 0 Å². The molecule has 0 spiro atoms. The number of halogens is 1. The van der Waals surface area contributed by atoms with Crippen LogP contribution in [0.4, 0.5) is 10.1 Å². The first-order valence-corrected chi connectivity index (χ1v) is 10.7.